The summed E-state index contributed by atoms with van der Waals surface area (Å²) in [5, 5.41) is 12.1. The molecule has 1 aromatic heterocycles. The molecule has 1 saturated heterocycles. The van der Waals surface area contributed by atoms with E-state index in [2.05, 4.69) is 38.6 Å². The van der Waals surface area contributed by atoms with Crippen LogP contribution >= 0.6 is 11.3 Å². The van der Waals surface area contributed by atoms with Crippen LogP contribution in [0.25, 0.3) is 0 Å². The third-order valence-corrected chi connectivity index (χ3v) is 5.66. The number of hydrogen-bond acceptors (Lipinski definition) is 5. The highest BCUT2D eigenvalue weighted by molar-refractivity contribution is 7.13. The summed E-state index contributed by atoms with van der Waals surface area (Å²) in [6, 6.07) is 8.39. The molecule has 0 atom stereocenters. The summed E-state index contributed by atoms with van der Waals surface area (Å²) in [4.78, 5) is 14.9. The minimum absolute atomic E-state index is 0.209. The van der Waals surface area contributed by atoms with Gasteiger partial charge in [-0.15, -0.1) is 10.2 Å². The van der Waals surface area contributed by atoms with E-state index in [0.717, 1.165) is 37.5 Å². The lowest BCUT2D eigenvalue weighted by Gasteiger charge is -2.39. The first-order chi connectivity index (χ1) is 10.8. The molecule has 1 N–H and O–H groups in total. The van der Waals surface area contributed by atoms with Gasteiger partial charge in [-0.25, -0.2) is 0 Å². The van der Waals surface area contributed by atoms with Gasteiger partial charge in [0.15, 0.2) is 0 Å². The third-order valence-electron chi connectivity index (χ3n) is 4.91. The van der Waals surface area contributed by atoms with Crippen molar-refractivity contribution in [3.63, 3.8) is 0 Å². The molecule has 3 heterocycles. The van der Waals surface area contributed by atoms with E-state index < -0.39 is 0 Å². The second kappa shape index (κ2) is 5.35. The van der Waals surface area contributed by atoms with Crippen molar-refractivity contribution in [3.05, 3.63) is 40.9 Å². The van der Waals surface area contributed by atoms with Gasteiger partial charge in [0, 0.05) is 19.6 Å². The standard InChI is InChI=1S/C16H18N4OS/c21-14-16(9-12-3-1-2-4-13(12)10-17-14)5-7-20(8-6-16)15-19-18-11-22-15/h1-4,11H,5-10H2,(H,17,21). The molecule has 0 unspecified atom stereocenters. The van der Waals surface area contributed by atoms with Crippen LogP contribution in [0, 0.1) is 5.41 Å². The van der Waals surface area contributed by atoms with E-state index in [1.807, 2.05) is 6.07 Å². The van der Waals surface area contributed by atoms with Gasteiger partial charge in [-0.1, -0.05) is 35.6 Å². The average Bonchev–Trinajstić information content (AvgIpc) is 3.04. The molecule has 1 fully saturated rings. The highest BCUT2D eigenvalue weighted by atomic mass is 32.1. The molecule has 0 aliphatic carbocycles. The van der Waals surface area contributed by atoms with Crippen LogP contribution in [-0.2, 0) is 17.8 Å². The number of benzene rings is 1. The van der Waals surface area contributed by atoms with Crippen LogP contribution in [0.5, 0.6) is 0 Å². The Kier molecular flexibility index (Phi) is 3.33. The molecule has 1 amide bonds. The number of nitrogens with zero attached hydrogens (tertiary/aromatic N) is 3. The van der Waals surface area contributed by atoms with Crippen LogP contribution < -0.4 is 10.2 Å². The lowest BCUT2D eigenvalue weighted by Crippen LogP contribution is -2.49. The number of hydrogen-bond donors (Lipinski definition) is 1. The average molecular weight is 314 g/mol. The van der Waals surface area contributed by atoms with Crippen molar-refractivity contribution >= 4 is 22.4 Å². The molecule has 0 bridgehead atoms. The Morgan fingerprint density at radius 2 is 1.95 bits per heavy atom. The van der Waals surface area contributed by atoms with Gasteiger partial charge in [-0.3, -0.25) is 4.79 Å². The fourth-order valence-corrected chi connectivity index (χ4v) is 4.16. The molecule has 0 radical (unpaired) electrons. The molecule has 1 spiro atoms. The predicted octanol–water partition coefficient (Wildman–Crippen LogP) is 2.00. The second-order valence-corrected chi connectivity index (χ2v) is 6.93. The molecule has 4 rings (SSSR count). The highest BCUT2D eigenvalue weighted by Gasteiger charge is 2.43. The van der Waals surface area contributed by atoms with E-state index in [1.54, 1.807) is 16.8 Å². The maximum atomic E-state index is 12.7. The fraction of sp³-hybridized carbons (Fsp3) is 0.438. The Labute approximate surface area is 133 Å². The predicted molar refractivity (Wildman–Crippen MR) is 85.8 cm³/mol. The van der Waals surface area contributed by atoms with Crippen molar-refractivity contribution in [1.29, 1.82) is 0 Å². The summed E-state index contributed by atoms with van der Waals surface area (Å²) in [6.07, 6.45) is 2.58. The first kappa shape index (κ1) is 13.7. The normalized spacial score (nSPS) is 20.4. The Bertz CT molecular complexity index is 677. The van der Waals surface area contributed by atoms with E-state index in [9.17, 15) is 4.79 Å². The zero-order valence-corrected chi connectivity index (χ0v) is 13.1. The van der Waals surface area contributed by atoms with E-state index in [0.29, 0.717) is 6.54 Å². The molecule has 0 saturated carbocycles. The summed E-state index contributed by atoms with van der Waals surface area (Å²) in [6.45, 7) is 2.38. The zero-order chi connectivity index (χ0) is 15.0. The van der Waals surface area contributed by atoms with Crippen molar-refractivity contribution in [2.24, 2.45) is 5.41 Å². The van der Waals surface area contributed by atoms with Crippen LogP contribution in [-0.4, -0.2) is 29.2 Å². The van der Waals surface area contributed by atoms with Crippen molar-refractivity contribution in [3.8, 4) is 0 Å². The zero-order valence-electron chi connectivity index (χ0n) is 12.3. The Morgan fingerprint density at radius 1 is 1.18 bits per heavy atom. The van der Waals surface area contributed by atoms with E-state index >= 15 is 0 Å². The number of carbonyl (C=O) groups is 1. The number of anilines is 1. The molecule has 2 aliphatic rings. The third kappa shape index (κ3) is 2.27. The minimum Gasteiger partial charge on any atom is -0.352 e. The summed E-state index contributed by atoms with van der Waals surface area (Å²) < 4.78 is 0. The van der Waals surface area contributed by atoms with E-state index in [4.69, 9.17) is 0 Å². The molecular weight excluding hydrogens is 296 g/mol. The van der Waals surface area contributed by atoms with Crippen LogP contribution in [0.4, 0.5) is 5.13 Å². The van der Waals surface area contributed by atoms with Gasteiger partial charge in [-0.05, 0) is 30.4 Å². The number of carbonyl (C=O) groups excluding carboxylic acids is 1. The lowest BCUT2D eigenvalue weighted by molar-refractivity contribution is -0.132. The number of piperidine rings is 1. The Hall–Kier alpha value is -1.95. The largest absolute Gasteiger partial charge is 0.352 e. The van der Waals surface area contributed by atoms with Gasteiger partial charge < -0.3 is 10.2 Å². The summed E-state index contributed by atoms with van der Waals surface area (Å²) >= 11 is 1.56. The summed E-state index contributed by atoms with van der Waals surface area (Å²) in [5.74, 6) is 0.209. The number of aromatic nitrogens is 2. The maximum Gasteiger partial charge on any atom is 0.226 e. The van der Waals surface area contributed by atoms with Gasteiger partial charge in [-0.2, -0.15) is 0 Å². The quantitative estimate of drug-likeness (QED) is 0.874. The second-order valence-electron chi connectivity index (χ2n) is 6.12. The molecule has 2 aromatic rings. The molecule has 1 aromatic carbocycles. The van der Waals surface area contributed by atoms with Gasteiger partial charge >= 0.3 is 0 Å². The first-order valence-corrected chi connectivity index (χ1v) is 8.51. The van der Waals surface area contributed by atoms with Crippen LogP contribution in [0.3, 0.4) is 0 Å². The monoisotopic (exact) mass is 314 g/mol. The number of amides is 1. The van der Waals surface area contributed by atoms with Gasteiger partial charge in [0.2, 0.25) is 11.0 Å². The number of rotatable bonds is 1. The van der Waals surface area contributed by atoms with Crippen molar-refractivity contribution in [1.82, 2.24) is 15.5 Å². The van der Waals surface area contributed by atoms with Crippen molar-refractivity contribution < 1.29 is 4.79 Å². The highest BCUT2D eigenvalue weighted by Crippen LogP contribution is 2.39. The SMILES string of the molecule is O=C1NCc2ccccc2CC12CCN(c1nncs1)CC2. The first-order valence-electron chi connectivity index (χ1n) is 7.63. The lowest BCUT2D eigenvalue weighted by atomic mass is 9.73. The molecule has 6 heteroatoms. The van der Waals surface area contributed by atoms with Crippen LogP contribution in [0.15, 0.2) is 29.8 Å². The van der Waals surface area contributed by atoms with Crippen molar-refractivity contribution in [2.75, 3.05) is 18.0 Å². The van der Waals surface area contributed by atoms with Gasteiger partial charge in [0.1, 0.15) is 5.51 Å². The van der Waals surface area contributed by atoms with Gasteiger partial charge in [0.25, 0.3) is 0 Å². The topological polar surface area (TPSA) is 58.1 Å². The molecule has 22 heavy (non-hydrogen) atoms. The summed E-state index contributed by atoms with van der Waals surface area (Å²) in [5.41, 5.74) is 4.05. The van der Waals surface area contributed by atoms with Crippen molar-refractivity contribution in [2.45, 2.75) is 25.8 Å². The van der Waals surface area contributed by atoms with Gasteiger partial charge in [0.05, 0.1) is 5.41 Å². The number of fused-ring (bicyclic) bond motifs is 1. The minimum atomic E-state index is -0.270. The Morgan fingerprint density at radius 3 is 2.68 bits per heavy atom. The maximum absolute atomic E-state index is 12.7. The molecule has 2 aliphatic heterocycles. The molecule has 5 nitrogen and oxygen atoms in total. The smallest absolute Gasteiger partial charge is 0.226 e. The molecular formula is C16H18N4OS. The number of nitrogens with one attached hydrogen (secondary N) is 1. The van der Waals surface area contributed by atoms with Crippen LogP contribution in [0.2, 0.25) is 0 Å². The summed E-state index contributed by atoms with van der Waals surface area (Å²) in [7, 11) is 0. The Balaban J connectivity index is 1.57. The fourth-order valence-electron chi connectivity index (χ4n) is 3.55. The molecule has 114 valence electrons. The van der Waals surface area contributed by atoms with E-state index in [-0.39, 0.29) is 11.3 Å². The van der Waals surface area contributed by atoms with E-state index in [1.165, 1.54) is 11.1 Å². The van der Waals surface area contributed by atoms with Crippen LogP contribution in [0.1, 0.15) is 24.0 Å².